The van der Waals surface area contributed by atoms with E-state index in [1.165, 1.54) is 12.1 Å². The van der Waals surface area contributed by atoms with Crippen LogP contribution in [0.1, 0.15) is 11.6 Å². The molecule has 0 bridgehead atoms. The van der Waals surface area contributed by atoms with Crippen LogP contribution in [-0.2, 0) is 0 Å². The van der Waals surface area contributed by atoms with Gasteiger partial charge < -0.3 is 16.6 Å². The predicted molar refractivity (Wildman–Crippen MR) is 55.1 cm³/mol. The van der Waals surface area contributed by atoms with Gasteiger partial charge >= 0.3 is 0 Å². The number of nitro benzene ring substituents is 1. The van der Waals surface area contributed by atoms with Gasteiger partial charge in [-0.3, -0.25) is 10.1 Å². The number of aliphatic hydroxyl groups excluding tert-OH is 1. The van der Waals surface area contributed by atoms with Crippen molar-refractivity contribution in [2.75, 3.05) is 6.54 Å². The number of aliphatic hydroxyl groups is 1. The second kappa shape index (κ2) is 4.83. The largest absolute Gasteiger partial charge is 0.390 e. The van der Waals surface area contributed by atoms with E-state index in [-0.39, 0.29) is 12.2 Å². The number of para-hydroxylation sites is 1. The average molecular weight is 211 g/mol. The quantitative estimate of drug-likeness (QED) is 0.475. The van der Waals surface area contributed by atoms with Gasteiger partial charge in [0.25, 0.3) is 5.69 Å². The van der Waals surface area contributed by atoms with Crippen molar-refractivity contribution in [3.05, 3.63) is 39.9 Å². The highest BCUT2D eigenvalue weighted by molar-refractivity contribution is 5.42. The molecule has 0 aliphatic rings. The third-order valence-corrected chi connectivity index (χ3v) is 2.15. The first kappa shape index (κ1) is 11.6. The molecule has 6 heteroatoms. The molecule has 0 saturated heterocycles. The molecule has 2 unspecified atom stereocenters. The fourth-order valence-electron chi connectivity index (χ4n) is 1.29. The smallest absolute Gasteiger partial charge is 0.274 e. The highest BCUT2D eigenvalue weighted by atomic mass is 16.6. The zero-order valence-corrected chi connectivity index (χ0v) is 8.04. The van der Waals surface area contributed by atoms with Gasteiger partial charge in [0.2, 0.25) is 0 Å². The standard InChI is InChI=1S/C9H13N3O3/c10-5-8(13)9(11)6-3-1-2-4-7(6)12(14)15/h1-4,8-9,13H,5,10-11H2. The lowest BCUT2D eigenvalue weighted by atomic mass is 10.0. The molecule has 0 fully saturated rings. The summed E-state index contributed by atoms with van der Waals surface area (Å²) >= 11 is 0. The lowest BCUT2D eigenvalue weighted by Crippen LogP contribution is -2.33. The number of hydrogen-bond acceptors (Lipinski definition) is 5. The Morgan fingerprint density at radius 1 is 1.47 bits per heavy atom. The molecule has 6 nitrogen and oxygen atoms in total. The highest BCUT2D eigenvalue weighted by Gasteiger charge is 2.23. The SMILES string of the molecule is NCC(O)C(N)c1ccccc1[N+](=O)[O-]. The van der Waals surface area contributed by atoms with E-state index >= 15 is 0 Å². The minimum atomic E-state index is -0.980. The number of rotatable bonds is 4. The number of hydrogen-bond donors (Lipinski definition) is 3. The molecule has 0 heterocycles. The lowest BCUT2D eigenvalue weighted by molar-refractivity contribution is -0.385. The second-order valence-corrected chi connectivity index (χ2v) is 3.14. The minimum absolute atomic E-state index is 0.0345. The molecule has 0 aliphatic heterocycles. The van der Waals surface area contributed by atoms with Crippen molar-refractivity contribution in [3.8, 4) is 0 Å². The molecular weight excluding hydrogens is 198 g/mol. The van der Waals surface area contributed by atoms with Gasteiger partial charge in [-0.1, -0.05) is 18.2 Å². The van der Waals surface area contributed by atoms with Crippen molar-refractivity contribution >= 4 is 5.69 Å². The summed E-state index contributed by atoms with van der Waals surface area (Å²) in [7, 11) is 0. The van der Waals surface area contributed by atoms with Crippen LogP contribution in [0.25, 0.3) is 0 Å². The Labute approximate surface area is 86.7 Å². The summed E-state index contributed by atoms with van der Waals surface area (Å²) in [5.74, 6) is 0. The molecule has 0 amide bonds. The summed E-state index contributed by atoms with van der Waals surface area (Å²) < 4.78 is 0. The zero-order valence-electron chi connectivity index (χ0n) is 8.04. The van der Waals surface area contributed by atoms with Crippen LogP contribution < -0.4 is 11.5 Å². The van der Waals surface area contributed by atoms with E-state index in [0.717, 1.165) is 0 Å². The van der Waals surface area contributed by atoms with Crippen LogP contribution in [0.2, 0.25) is 0 Å². The Hall–Kier alpha value is -1.50. The van der Waals surface area contributed by atoms with Crippen LogP contribution in [0.5, 0.6) is 0 Å². The second-order valence-electron chi connectivity index (χ2n) is 3.14. The predicted octanol–water partition coefficient (Wildman–Crippen LogP) is -0.0858. The summed E-state index contributed by atoms with van der Waals surface area (Å²) in [6, 6.07) is 5.20. The van der Waals surface area contributed by atoms with Crippen LogP contribution in [0.15, 0.2) is 24.3 Å². The zero-order chi connectivity index (χ0) is 11.4. The van der Waals surface area contributed by atoms with Gasteiger partial charge in [0, 0.05) is 18.2 Å². The summed E-state index contributed by atoms with van der Waals surface area (Å²) in [5.41, 5.74) is 11.1. The summed E-state index contributed by atoms with van der Waals surface area (Å²) in [6.45, 7) is -0.0345. The first-order chi connectivity index (χ1) is 7.07. The van der Waals surface area contributed by atoms with Gasteiger partial charge in [-0.15, -0.1) is 0 Å². The van der Waals surface area contributed by atoms with Gasteiger partial charge in [0.1, 0.15) is 0 Å². The molecule has 0 aromatic heterocycles. The highest BCUT2D eigenvalue weighted by Crippen LogP contribution is 2.24. The summed E-state index contributed by atoms with van der Waals surface area (Å²) in [4.78, 5) is 10.1. The molecular formula is C9H13N3O3. The summed E-state index contributed by atoms with van der Waals surface area (Å²) in [5, 5.41) is 20.1. The van der Waals surface area contributed by atoms with Crippen molar-refractivity contribution in [1.82, 2.24) is 0 Å². The van der Waals surface area contributed by atoms with Gasteiger partial charge in [-0.05, 0) is 0 Å². The molecule has 1 rings (SSSR count). The fourth-order valence-corrected chi connectivity index (χ4v) is 1.29. The monoisotopic (exact) mass is 211 g/mol. The number of benzene rings is 1. The molecule has 0 radical (unpaired) electrons. The number of nitrogens with two attached hydrogens (primary N) is 2. The van der Waals surface area contributed by atoms with Crippen LogP contribution in [0, 0.1) is 10.1 Å². The van der Waals surface area contributed by atoms with Crippen molar-refractivity contribution in [3.63, 3.8) is 0 Å². The Morgan fingerprint density at radius 3 is 2.60 bits per heavy atom. The van der Waals surface area contributed by atoms with Gasteiger partial charge in [-0.25, -0.2) is 0 Å². The molecule has 2 atom stereocenters. The molecule has 0 aliphatic carbocycles. The van der Waals surface area contributed by atoms with Gasteiger partial charge in [-0.2, -0.15) is 0 Å². The van der Waals surface area contributed by atoms with Crippen molar-refractivity contribution in [1.29, 1.82) is 0 Å². The number of nitrogens with zero attached hydrogens (tertiary/aromatic N) is 1. The van der Waals surface area contributed by atoms with Crippen LogP contribution in [-0.4, -0.2) is 22.7 Å². The Bertz CT molecular complexity index is 356. The molecule has 15 heavy (non-hydrogen) atoms. The molecule has 5 N–H and O–H groups in total. The van der Waals surface area contributed by atoms with Crippen molar-refractivity contribution in [2.45, 2.75) is 12.1 Å². The van der Waals surface area contributed by atoms with Crippen LogP contribution in [0.4, 0.5) is 5.69 Å². The normalized spacial score (nSPS) is 14.6. The molecule has 1 aromatic carbocycles. The Balaban J connectivity index is 3.07. The minimum Gasteiger partial charge on any atom is -0.390 e. The Kier molecular flexibility index (Phi) is 3.73. The van der Waals surface area contributed by atoms with E-state index in [0.29, 0.717) is 5.56 Å². The van der Waals surface area contributed by atoms with E-state index < -0.39 is 17.1 Å². The first-order valence-corrected chi connectivity index (χ1v) is 4.45. The van der Waals surface area contributed by atoms with E-state index in [9.17, 15) is 15.2 Å². The molecule has 0 saturated carbocycles. The van der Waals surface area contributed by atoms with E-state index in [1.807, 2.05) is 0 Å². The maximum atomic E-state index is 10.7. The number of nitro groups is 1. The third-order valence-electron chi connectivity index (χ3n) is 2.15. The first-order valence-electron chi connectivity index (χ1n) is 4.45. The topological polar surface area (TPSA) is 115 Å². The molecule has 1 aromatic rings. The van der Waals surface area contributed by atoms with Crippen LogP contribution >= 0.6 is 0 Å². The van der Waals surface area contributed by atoms with Crippen molar-refractivity contribution in [2.24, 2.45) is 11.5 Å². The van der Waals surface area contributed by atoms with Gasteiger partial charge in [0.15, 0.2) is 0 Å². The van der Waals surface area contributed by atoms with E-state index in [4.69, 9.17) is 11.5 Å². The molecule has 82 valence electrons. The summed E-state index contributed by atoms with van der Waals surface area (Å²) in [6.07, 6.45) is -0.980. The maximum absolute atomic E-state index is 10.7. The maximum Gasteiger partial charge on any atom is 0.274 e. The lowest BCUT2D eigenvalue weighted by Gasteiger charge is -2.17. The molecule has 0 spiro atoms. The van der Waals surface area contributed by atoms with Gasteiger partial charge in [0.05, 0.1) is 17.1 Å². The van der Waals surface area contributed by atoms with E-state index in [1.54, 1.807) is 12.1 Å². The van der Waals surface area contributed by atoms with Crippen LogP contribution in [0.3, 0.4) is 0 Å². The average Bonchev–Trinajstić information content (AvgIpc) is 2.27. The van der Waals surface area contributed by atoms with E-state index in [2.05, 4.69) is 0 Å². The Morgan fingerprint density at radius 2 is 2.07 bits per heavy atom. The third kappa shape index (κ3) is 2.50. The fraction of sp³-hybridized carbons (Fsp3) is 0.333. The van der Waals surface area contributed by atoms with Crippen molar-refractivity contribution < 1.29 is 10.0 Å².